The zero-order chi connectivity index (χ0) is 17.1. The van der Waals surface area contributed by atoms with E-state index in [2.05, 4.69) is 9.88 Å². The monoisotopic (exact) mass is 332 g/mol. The summed E-state index contributed by atoms with van der Waals surface area (Å²) in [6, 6.07) is 4.69. The van der Waals surface area contributed by atoms with Gasteiger partial charge in [-0.1, -0.05) is 0 Å². The van der Waals surface area contributed by atoms with Gasteiger partial charge in [-0.2, -0.15) is 0 Å². The van der Waals surface area contributed by atoms with Crippen LogP contribution in [0.1, 0.15) is 18.9 Å². The number of Topliss-reactive ketones (excluding diaryl/α,β-unsaturated/α-hetero) is 1. The number of nitrogens with one attached hydrogen (secondary N) is 1. The maximum atomic E-state index is 13.4. The predicted molar refractivity (Wildman–Crippen MR) is 88.1 cm³/mol. The lowest BCUT2D eigenvalue weighted by molar-refractivity contribution is -0.153. The van der Waals surface area contributed by atoms with Gasteiger partial charge >= 0.3 is 5.97 Å². The number of carbonyl (C=O) groups is 2. The number of benzene rings is 1. The fourth-order valence-electron chi connectivity index (χ4n) is 3.18. The molecule has 6 heteroatoms. The molecule has 24 heavy (non-hydrogen) atoms. The van der Waals surface area contributed by atoms with Crippen LogP contribution in [0.5, 0.6) is 0 Å². The number of halogens is 1. The molecule has 1 N–H and O–H groups in total. The zero-order valence-corrected chi connectivity index (χ0v) is 13.7. The lowest BCUT2D eigenvalue weighted by Crippen LogP contribution is -2.45. The third kappa shape index (κ3) is 3.48. The van der Waals surface area contributed by atoms with Gasteiger partial charge in [0.25, 0.3) is 0 Å². The number of hydrogen-bond donors (Lipinski definition) is 1. The normalized spacial score (nSPS) is 18.9. The molecule has 1 aliphatic heterocycles. The highest BCUT2D eigenvalue weighted by molar-refractivity contribution is 5.99. The molecule has 0 radical (unpaired) electrons. The predicted octanol–water partition coefficient (Wildman–Crippen LogP) is 2.30. The number of rotatable bonds is 5. The Morgan fingerprint density at radius 1 is 1.46 bits per heavy atom. The Hall–Kier alpha value is -2.21. The summed E-state index contributed by atoms with van der Waals surface area (Å²) in [6.07, 6.45) is 2.99. The second-order valence-electron chi connectivity index (χ2n) is 6.08. The smallest absolute Gasteiger partial charge is 0.317 e. The van der Waals surface area contributed by atoms with E-state index in [4.69, 9.17) is 4.74 Å². The zero-order valence-electron chi connectivity index (χ0n) is 13.7. The Morgan fingerprint density at radius 3 is 3.08 bits per heavy atom. The lowest BCUT2D eigenvalue weighted by Gasteiger charge is -2.30. The van der Waals surface area contributed by atoms with E-state index < -0.39 is 11.9 Å². The molecule has 1 aromatic heterocycles. The maximum absolute atomic E-state index is 13.4. The fraction of sp³-hybridized carbons (Fsp3) is 0.444. The van der Waals surface area contributed by atoms with Crippen LogP contribution in [0.2, 0.25) is 0 Å². The first-order valence-electron chi connectivity index (χ1n) is 8.25. The van der Waals surface area contributed by atoms with E-state index >= 15 is 0 Å². The summed E-state index contributed by atoms with van der Waals surface area (Å²) >= 11 is 0. The number of esters is 1. The largest absolute Gasteiger partial charge is 0.465 e. The number of hydrogen-bond acceptors (Lipinski definition) is 4. The van der Waals surface area contributed by atoms with Gasteiger partial charge in [0, 0.05) is 43.2 Å². The van der Waals surface area contributed by atoms with Crippen molar-refractivity contribution in [1.29, 1.82) is 0 Å². The minimum absolute atomic E-state index is 0.0427. The molecule has 1 fully saturated rings. The molecular formula is C18H21FN2O3. The highest BCUT2D eigenvalue weighted by Gasteiger charge is 2.33. The summed E-state index contributed by atoms with van der Waals surface area (Å²) in [4.78, 5) is 29.0. The summed E-state index contributed by atoms with van der Waals surface area (Å²) in [6.45, 7) is 3.77. The molecule has 0 bridgehead atoms. The van der Waals surface area contributed by atoms with Gasteiger partial charge in [0.15, 0.2) is 0 Å². The van der Waals surface area contributed by atoms with Crippen molar-refractivity contribution in [2.75, 3.05) is 26.2 Å². The van der Waals surface area contributed by atoms with Crippen molar-refractivity contribution in [1.82, 2.24) is 9.88 Å². The summed E-state index contributed by atoms with van der Waals surface area (Å²) < 4.78 is 18.4. The van der Waals surface area contributed by atoms with Gasteiger partial charge in [0.1, 0.15) is 17.5 Å². The van der Waals surface area contributed by atoms with Crippen molar-refractivity contribution in [3.63, 3.8) is 0 Å². The summed E-state index contributed by atoms with van der Waals surface area (Å²) in [7, 11) is 0. The third-order valence-electron chi connectivity index (χ3n) is 4.50. The molecule has 128 valence electrons. The number of H-pyrrole nitrogens is 1. The molecule has 1 unspecified atom stereocenters. The molecule has 0 aliphatic carbocycles. The van der Waals surface area contributed by atoms with Crippen molar-refractivity contribution in [2.45, 2.75) is 19.8 Å². The summed E-state index contributed by atoms with van der Waals surface area (Å²) in [5, 5.41) is 0.880. The van der Waals surface area contributed by atoms with Gasteiger partial charge in [-0.15, -0.1) is 0 Å². The molecule has 5 nitrogen and oxygen atoms in total. The van der Waals surface area contributed by atoms with Crippen LogP contribution in [0.3, 0.4) is 0 Å². The summed E-state index contributed by atoms with van der Waals surface area (Å²) in [5.74, 6) is -1.41. The van der Waals surface area contributed by atoms with Crippen LogP contribution >= 0.6 is 0 Å². The number of ketones is 1. The van der Waals surface area contributed by atoms with Crippen molar-refractivity contribution < 1.29 is 18.7 Å². The van der Waals surface area contributed by atoms with Crippen LogP contribution in [0.4, 0.5) is 4.39 Å². The fourth-order valence-corrected chi connectivity index (χ4v) is 3.18. The van der Waals surface area contributed by atoms with Crippen molar-refractivity contribution in [3.05, 3.63) is 35.8 Å². The number of aromatic nitrogens is 1. The number of likely N-dealkylation sites (tertiary alicyclic amines) is 1. The van der Waals surface area contributed by atoms with Gasteiger partial charge in [0.2, 0.25) is 0 Å². The molecular weight excluding hydrogens is 311 g/mol. The van der Waals surface area contributed by atoms with Crippen LogP contribution in [0.15, 0.2) is 24.4 Å². The van der Waals surface area contributed by atoms with E-state index in [0.717, 1.165) is 22.9 Å². The van der Waals surface area contributed by atoms with E-state index in [1.165, 1.54) is 12.1 Å². The summed E-state index contributed by atoms with van der Waals surface area (Å²) in [5.41, 5.74) is 1.94. The van der Waals surface area contributed by atoms with Gasteiger partial charge in [0.05, 0.1) is 6.61 Å². The first kappa shape index (κ1) is 16.6. The molecule has 3 rings (SSSR count). The molecule has 1 aromatic carbocycles. The Kier molecular flexibility index (Phi) is 4.94. The van der Waals surface area contributed by atoms with E-state index in [9.17, 15) is 14.0 Å². The van der Waals surface area contributed by atoms with Gasteiger partial charge in [-0.05, 0) is 37.1 Å². The highest BCUT2D eigenvalue weighted by atomic mass is 19.1. The minimum Gasteiger partial charge on any atom is -0.465 e. The average molecular weight is 332 g/mol. The van der Waals surface area contributed by atoms with Crippen LogP contribution in [0, 0.1) is 11.7 Å². The van der Waals surface area contributed by atoms with E-state index in [-0.39, 0.29) is 18.2 Å². The SMILES string of the molecule is CCOC(=O)C1CN(CCc2c[nH]c3ccc(F)cc23)CCC1=O. The number of fused-ring (bicyclic) bond motifs is 1. The van der Waals surface area contributed by atoms with E-state index in [0.29, 0.717) is 26.1 Å². The highest BCUT2D eigenvalue weighted by Crippen LogP contribution is 2.21. The van der Waals surface area contributed by atoms with Crippen molar-refractivity contribution in [3.8, 4) is 0 Å². The molecule has 0 saturated carbocycles. The topological polar surface area (TPSA) is 62.4 Å². The molecule has 2 aromatic rings. The number of ether oxygens (including phenoxy) is 1. The molecule has 1 aliphatic rings. The number of nitrogens with zero attached hydrogens (tertiary/aromatic N) is 1. The number of piperidine rings is 1. The number of aromatic amines is 1. The van der Waals surface area contributed by atoms with Gasteiger partial charge in [-0.25, -0.2) is 4.39 Å². The van der Waals surface area contributed by atoms with Crippen molar-refractivity contribution in [2.24, 2.45) is 5.92 Å². The van der Waals surface area contributed by atoms with E-state index in [1.54, 1.807) is 13.0 Å². The average Bonchev–Trinajstić information content (AvgIpc) is 2.96. The molecule has 1 atom stereocenters. The van der Waals surface area contributed by atoms with Crippen LogP contribution in [-0.4, -0.2) is 47.9 Å². The third-order valence-corrected chi connectivity index (χ3v) is 4.50. The van der Waals surface area contributed by atoms with Crippen LogP contribution in [0.25, 0.3) is 10.9 Å². The number of carbonyl (C=O) groups excluding carboxylic acids is 2. The molecule has 0 spiro atoms. The second-order valence-corrected chi connectivity index (χ2v) is 6.08. The lowest BCUT2D eigenvalue weighted by atomic mass is 9.96. The quantitative estimate of drug-likeness (QED) is 0.674. The first-order valence-corrected chi connectivity index (χ1v) is 8.25. The van der Waals surface area contributed by atoms with E-state index in [1.807, 2.05) is 6.20 Å². The molecule has 1 saturated heterocycles. The van der Waals surface area contributed by atoms with Crippen molar-refractivity contribution >= 4 is 22.7 Å². The Bertz CT molecular complexity index is 756. The Morgan fingerprint density at radius 2 is 2.29 bits per heavy atom. The second kappa shape index (κ2) is 7.13. The Labute approximate surface area is 139 Å². The van der Waals surface area contributed by atoms with Crippen LogP contribution in [-0.2, 0) is 20.7 Å². The standard InChI is InChI=1S/C18H21FN2O3/c1-2-24-18(23)15-11-21(8-6-17(15)22)7-5-12-10-20-16-4-3-13(19)9-14(12)16/h3-4,9-10,15,20H,2,5-8,11H2,1H3. The van der Waals surface area contributed by atoms with Gasteiger partial charge in [-0.3, -0.25) is 9.59 Å². The minimum atomic E-state index is -0.681. The van der Waals surface area contributed by atoms with Crippen LogP contribution < -0.4 is 0 Å². The first-order chi connectivity index (χ1) is 11.6. The Balaban J connectivity index is 1.64. The molecule has 0 amide bonds. The molecule has 2 heterocycles. The van der Waals surface area contributed by atoms with Gasteiger partial charge < -0.3 is 14.6 Å². The maximum Gasteiger partial charge on any atom is 0.317 e.